The second kappa shape index (κ2) is 16.0. The standard InChI is InChI=1S/C39H62N2O2.BrH/c1-29(2)14-13-15-30(3)34-18-19-35-33-17-16-31-28-32(20-22-38(31,4)36(33)21-23-39(34,35)5)43-37(42)40-24-9-6-7-10-25-41-26-11-8-12-27-41;/h8,11-12,16,26-27,29-30,32-36H,6-7,9-10,13-15,17-25,28H2,1-5H3;1H/t30-,32+,33+,34-,35+,36+,38+,39-;/m1./s1. The van der Waals surface area contributed by atoms with Crippen LogP contribution in [0, 0.1) is 46.3 Å². The van der Waals surface area contributed by atoms with Gasteiger partial charge in [0.05, 0.1) is 0 Å². The molecule has 5 rings (SSSR count). The van der Waals surface area contributed by atoms with Gasteiger partial charge in [0.2, 0.25) is 0 Å². The second-order valence-corrected chi connectivity index (χ2v) is 16.0. The summed E-state index contributed by atoms with van der Waals surface area (Å²) in [6.07, 6.45) is 25.5. The number of halogens is 1. The van der Waals surface area contributed by atoms with E-state index in [0.717, 1.165) is 67.7 Å². The number of rotatable bonds is 13. The van der Waals surface area contributed by atoms with E-state index in [2.05, 4.69) is 81.2 Å². The van der Waals surface area contributed by atoms with E-state index in [1.54, 1.807) is 5.57 Å². The largest absolute Gasteiger partial charge is 1.00 e. The first-order valence-corrected chi connectivity index (χ1v) is 18.3. The monoisotopic (exact) mass is 670 g/mol. The number of carbonyl (C=O) groups excluding carboxylic acids is 1. The van der Waals surface area contributed by atoms with Gasteiger partial charge in [0, 0.05) is 31.5 Å². The molecule has 1 N–H and O–H groups in total. The Morgan fingerprint density at radius 1 is 0.932 bits per heavy atom. The number of ether oxygens (including phenoxy) is 1. The third-order valence-corrected chi connectivity index (χ3v) is 12.9. The molecule has 1 amide bonds. The minimum absolute atomic E-state index is 0. The Hall–Kier alpha value is -1.36. The van der Waals surface area contributed by atoms with E-state index in [9.17, 15) is 4.79 Å². The highest BCUT2D eigenvalue weighted by Crippen LogP contribution is 2.67. The van der Waals surface area contributed by atoms with Gasteiger partial charge in [-0.1, -0.05) is 78.0 Å². The Kier molecular flexibility index (Phi) is 12.9. The molecule has 4 aliphatic rings. The maximum atomic E-state index is 12.6. The molecule has 0 aromatic carbocycles. The summed E-state index contributed by atoms with van der Waals surface area (Å²) < 4.78 is 8.22. The highest BCUT2D eigenvalue weighted by Gasteiger charge is 2.59. The molecule has 1 heterocycles. The van der Waals surface area contributed by atoms with Gasteiger partial charge in [0.1, 0.15) is 12.6 Å². The van der Waals surface area contributed by atoms with Crippen molar-refractivity contribution in [1.29, 1.82) is 0 Å². The Bertz CT molecular complexity index is 1080. The third kappa shape index (κ3) is 8.13. The summed E-state index contributed by atoms with van der Waals surface area (Å²) in [6, 6.07) is 6.21. The molecule has 248 valence electrons. The van der Waals surface area contributed by atoms with Crippen molar-refractivity contribution in [1.82, 2.24) is 5.32 Å². The van der Waals surface area contributed by atoms with Crippen molar-refractivity contribution in [2.75, 3.05) is 6.54 Å². The first-order valence-electron chi connectivity index (χ1n) is 18.3. The van der Waals surface area contributed by atoms with E-state index in [0.29, 0.717) is 17.4 Å². The number of fused-ring (bicyclic) bond motifs is 5. The van der Waals surface area contributed by atoms with Crippen LogP contribution < -0.4 is 26.9 Å². The van der Waals surface area contributed by atoms with Crippen LogP contribution in [0.3, 0.4) is 0 Å². The zero-order valence-electron chi connectivity index (χ0n) is 28.7. The fourth-order valence-corrected chi connectivity index (χ4v) is 10.5. The minimum Gasteiger partial charge on any atom is -1.00 e. The van der Waals surface area contributed by atoms with Crippen LogP contribution in [0.2, 0.25) is 0 Å². The number of nitrogens with zero attached hydrogens (tertiary/aromatic N) is 1. The molecule has 0 aliphatic heterocycles. The lowest BCUT2D eigenvalue weighted by molar-refractivity contribution is -0.697. The lowest BCUT2D eigenvalue weighted by Crippen LogP contribution is -3.00. The summed E-state index contributed by atoms with van der Waals surface area (Å²) in [5.41, 5.74) is 2.45. The maximum absolute atomic E-state index is 12.6. The summed E-state index contributed by atoms with van der Waals surface area (Å²) in [7, 11) is 0. The number of unbranched alkanes of at least 4 members (excludes halogenated alkanes) is 3. The quantitative estimate of drug-likeness (QED) is 0.145. The maximum Gasteiger partial charge on any atom is 0.407 e. The molecule has 0 spiro atoms. The van der Waals surface area contributed by atoms with Crippen molar-refractivity contribution < 1.29 is 31.1 Å². The average Bonchev–Trinajstić information content (AvgIpc) is 3.34. The fraction of sp³-hybridized carbons (Fsp3) is 0.795. The first-order chi connectivity index (χ1) is 20.7. The van der Waals surface area contributed by atoms with Crippen LogP contribution in [-0.2, 0) is 11.3 Å². The molecular weight excluding hydrogens is 608 g/mol. The van der Waals surface area contributed by atoms with Gasteiger partial charge in [0.25, 0.3) is 0 Å². The average molecular weight is 672 g/mol. The van der Waals surface area contributed by atoms with Gasteiger partial charge in [-0.25, -0.2) is 9.36 Å². The Balaban J connectivity index is 0.00000442. The number of aromatic nitrogens is 1. The molecule has 5 heteroatoms. The lowest BCUT2D eigenvalue weighted by Gasteiger charge is -2.58. The van der Waals surface area contributed by atoms with E-state index in [1.807, 2.05) is 0 Å². The van der Waals surface area contributed by atoms with Gasteiger partial charge in [-0.15, -0.1) is 0 Å². The van der Waals surface area contributed by atoms with Crippen LogP contribution in [0.15, 0.2) is 42.2 Å². The predicted octanol–water partition coefficient (Wildman–Crippen LogP) is 6.67. The van der Waals surface area contributed by atoms with E-state index in [1.165, 1.54) is 70.6 Å². The number of amides is 1. The molecule has 4 aliphatic carbocycles. The van der Waals surface area contributed by atoms with Crippen LogP contribution in [-0.4, -0.2) is 18.7 Å². The van der Waals surface area contributed by atoms with E-state index < -0.39 is 0 Å². The van der Waals surface area contributed by atoms with Crippen molar-refractivity contribution in [3.8, 4) is 0 Å². The van der Waals surface area contributed by atoms with Crippen molar-refractivity contribution in [2.45, 2.75) is 144 Å². The summed E-state index contributed by atoms with van der Waals surface area (Å²) >= 11 is 0. The highest BCUT2D eigenvalue weighted by molar-refractivity contribution is 5.67. The van der Waals surface area contributed by atoms with E-state index >= 15 is 0 Å². The first kappa shape index (κ1) is 35.5. The molecule has 4 nitrogen and oxygen atoms in total. The van der Waals surface area contributed by atoms with Crippen molar-refractivity contribution in [3.63, 3.8) is 0 Å². The summed E-state index contributed by atoms with van der Waals surface area (Å²) in [5, 5.41) is 3.04. The number of hydrogen-bond acceptors (Lipinski definition) is 2. The lowest BCUT2D eigenvalue weighted by atomic mass is 9.47. The number of pyridine rings is 1. The number of allylic oxidation sites excluding steroid dienone is 1. The second-order valence-electron chi connectivity index (χ2n) is 16.0. The molecule has 3 fully saturated rings. The molecule has 0 saturated heterocycles. The van der Waals surface area contributed by atoms with Crippen LogP contribution in [0.25, 0.3) is 0 Å². The molecule has 3 saturated carbocycles. The molecule has 1 aromatic rings. The number of nitrogens with one attached hydrogen (secondary N) is 1. The smallest absolute Gasteiger partial charge is 0.407 e. The SMILES string of the molecule is CC(C)CCC[C@@H](C)[C@H]1CC[C@H]2[C@@H]3CC=C4C[C@@H](OC(=O)NCCCCCC[n+]5ccccc5)CC[C@]4(C)[C@H]3CC[C@]12C.[Br-]. The van der Waals surface area contributed by atoms with Gasteiger partial charge in [-0.2, -0.15) is 0 Å². The summed E-state index contributed by atoms with van der Waals surface area (Å²) in [4.78, 5) is 12.6. The zero-order chi connectivity index (χ0) is 30.5. The number of carbonyl (C=O) groups is 1. The molecule has 1 aromatic heterocycles. The van der Waals surface area contributed by atoms with Gasteiger partial charge in [-0.3, -0.25) is 0 Å². The molecular formula is C39H63BrN2O2. The van der Waals surface area contributed by atoms with E-state index in [4.69, 9.17) is 4.74 Å². The zero-order valence-corrected chi connectivity index (χ0v) is 30.3. The topological polar surface area (TPSA) is 42.2 Å². The molecule has 0 unspecified atom stereocenters. The Morgan fingerprint density at radius 2 is 1.70 bits per heavy atom. The Labute approximate surface area is 280 Å². The van der Waals surface area contributed by atoms with Crippen molar-refractivity contribution in [2.24, 2.45) is 46.3 Å². The molecule has 0 bridgehead atoms. The van der Waals surface area contributed by atoms with E-state index in [-0.39, 0.29) is 29.2 Å². The number of hydrogen-bond donors (Lipinski definition) is 1. The van der Waals surface area contributed by atoms with Gasteiger partial charge in [0.15, 0.2) is 12.4 Å². The number of aryl methyl sites for hydroxylation is 1. The highest BCUT2D eigenvalue weighted by atomic mass is 79.9. The van der Waals surface area contributed by atoms with Gasteiger partial charge < -0.3 is 27.0 Å². The molecule has 8 atom stereocenters. The number of alkyl carbamates (subject to hydrolysis) is 1. The van der Waals surface area contributed by atoms with Gasteiger partial charge in [-0.05, 0) is 104 Å². The minimum atomic E-state index is -0.212. The van der Waals surface area contributed by atoms with Crippen molar-refractivity contribution in [3.05, 3.63) is 42.2 Å². The van der Waals surface area contributed by atoms with Crippen LogP contribution in [0.5, 0.6) is 0 Å². The van der Waals surface area contributed by atoms with Crippen LogP contribution >= 0.6 is 0 Å². The summed E-state index contributed by atoms with van der Waals surface area (Å²) in [6.45, 7) is 14.4. The predicted molar refractivity (Wildman–Crippen MR) is 176 cm³/mol. The molecule has 44 heavy (non-hydrogen) atoms. The Morgan fingerprint density at radius 3 is 2.48 bits per heavy atom. The summed E-state index contributed by atoms with van der Waals surface area (Å²) in [5.74, 6) is 5.18. The van der Waals surface area contributed by atoms with Gasteiger partial charge >= 0.3 is 6.09 Å². The van der Waals surface area contributed by atoms with Crippen LogP contribution in [0.1, 0.15) is 131 Å². The van der Waals surface area contributed by atoms with Crippen LogP contribution in [0.4, 0.5) is 4.79 Å². The molecule has 0 radical (unpaired) electrons. The fourth-order valence-electron chi connectivity index (χ4n) is 10.5. The van der Waals surface area contributed by atoms with Crippen molar-refractivity contribution >= 4 is 6.09 Å². The third-order valence-electron chi connectivity index (χ3n) is 12.9. The normalized spacial score (nSPS) is 33.3.